The number of aliphatic hydroxyl groups excluding tert-OH is 1. The van der Waals surface area contributed by atoms with Crippen molar-refractivity contribution in [2.75, 3.05) is 6.61 Å². The molecule has 0 fully saturated rings. The van der Waals surface area contributed by atoms with E-state index in [1.807, 2.05) is 13.8 Å². The highest BCUT2D eigenvalue weighted by atomic mass is 16.4. The summed E-state index contributed by atoms with van der Waals surface area (Å²) in [5, 5.41) is 20.1. The lowest BCUT2D eigenvalue weighted by Crippen LogP contribution is -2.41. The van der Waals surface area contributed by atoms with Crippen molar-refractivity contribution in [3.05, 3.63) is 0 Å². The molecule has 0 aromatic rings. The Kier molecular flexibility index (Phi) is 7.54. The van der Waals surface area contributed by atoms with Crippen molar-refractivity contribution < 1.29 is 19.8 Å². The second-order valence-electron chi connectivity index (χ2n) is 4.20. The van der Waals surface area contributed by atoms with E-state index in [1.54, 1.807) is 0 Å². The van der Waals surface area contributed by atoms with Crippen LogP contribution in [-0.4, -0.2) is 34.7 Å². The summed E-state index contributed by atoms with van der Waals surface area (Å²) in [6.07, 6.45) is 1.49. The molecular formula is C11H21NO4. The lowest BCUT2D eigenvalue weighted by molar-refractivity contribution is -0.137. The van der Waals surface area contributed by atoms with Gasteiger partial charge < -0.3 is 15.5 Å². The molecule has 0 radical (unpaired) electrons. The van der Waals surface area contributed by atoms with E-state index in [0.717, 1.165) is 0 Å². The van der Waals surface area contributed by atoms with Crippen molar-refractivity contribution in [3.8, 4) is 0 Å². The van der Waals surface area contributed by atoms with Gasteiger partial charge in [0.1, 0.15) is 0 Å². The number of hydrogen-bond donors (Lipinski definition) is 3. The van der Waals surface area contributed by atoms with Crippen LogP contribution in [0.1, 0.15) is 39.5 Å². The molecular weight excluding hydrogens is 210 g/mol. The maximum Gasteiger partial charge on any atom is 0.303 e. The lowest BCUT2D eigenvalue weighted by Gasteiger charge is -2.19. The number of aliphatic hydroxyl groups is 1. The van der Waals surface area contributed by atoms with Gasteiger partial charge in [-0.25, -0.2) is 0 Å². The van der Waals surface area contributed by atoms with E-state index < -0.39 is 5.97 Å². The van der Waals surface area contributed by atoms with Gasteiger partial charge >= 0.3 is 5.97 Å². The minimum absolute atomic E-state index is 0.0709. The molecule has 16 heavy (non-hydrogen) atoms. The van der Waals surface area contributed by atoms with Gasteiger partial charge in [-0.15, -0.1) is 0 Å². The highest BCUT2D eigenvalue weighted by molar-refractivity contribution is 5.76. The monoisotopic (exact) mass is 231 g/mol. The van der Waals surface area contributed by atoms with Gasteiger partial charge in [0, 0.05) is 12.8 Å². The molecule has 1 unspecified atom stereocenters. The lowest BCUT2D eigenvalue weighted by atomic mass is 10.1. The standard InChI is InChI=1S/C11H21NO4/c1-8(2)9(7-13)12-10(14)5-3-4-6-11(15)16/h8-9,13H,3-7H2,1-2H3,(H,12,14)(H,15,16). The summed E-state index contributed by atoms with van der Waals surface area (Å²) in [7, 11) is 0. The fraction of sp³-hybridized carbons (Fsp3) is 0.818. The Morgan fingerprint density at radius 3 is 2.19 bits per heavy atom. The summed E-state index contributed by atoms with van der Waals surface area (Å²) in [6.45, 7) is 3.77. The number of unbranched alkanes of at least 4 members (excludes halogenated alkanes) is 1. The molecule has 0 aliphatic heterocycles. The Labute approximate surface area is 95.9 Å². The second-order valence-corrected chi connectivity index (χ2v) is 4.20. The van der Waals surface area contributed by atoms with Crippen LogP contribution < -0.4 is 5.32 Å². The number of aliphatic carboxylic acids is 1. The summed E-state index contributed by atoms with van der Waals surface area (Å²) in [5.74, 6) is -0.776. The van der Waals surface area contributed by atoms with Crippen LogP contribution in [0.2, 0.25) is 0 Å². The molecule has 94 valence electrons. The fourth-order valence-electron chi connectivity index (χ4n) is 1.26. The minimum atomic E-state index is -0.837. The Balaban J connectivity index is 3.68. The third kappa shape index (κ3) is 7.23. The van der Waals surface area contributed by atoms with Crippen LogP contribution in [0.15, 0.2) is 0 Å². The molecule has 0 aromatic carbocycles. The first kappa shape index (κ1) is 14.9. The van der Waals surface area contributed by atoms with E-state index in [0.29, 0.717) is 19.3 Å². The molecule has 5 nitrogen and oxygen atoms in total. The van der Waals surface area contributed by atoms with Gasteiger partial charge in [0.15, 0.2) is 0 Å². The van der Waals surface area contributed by atoms with Crippen LogP contribution in [0.25, 0.3) is 0 Å². The number of hydrogen-bond acceptors (Lipinski definition) is 3. The van der Waals surface area contributed by atoms with Gasteiger partial charge in [0.25, 0.3) is 0 Å². The van der Waals surface area contributed by atoms with Crippen LogP contribution in [0.3, 0.4) is 0 Å². The van der Waals surface area contributed by atoms with Gasteiger partial charge in [0.2, 0.25) is 5.91 Å². The Bertz CT molecular complexity index is 228. The topological polar surface area (TPSA) is 86.6 Å². The van der Waals surface area contributed by atoms with E-state index in [-0.39, 0.29) is 30.9 Å². The molecule has 3 N–H and O–H groups in total. The maximum absolute atomic E-state index is 11.4. The van der Waals surface area contributed by atoms with Crippen LogP contribution in [0.5, 0.6) is 0 Å². The van der Waals surface area contributed by atoms with Gasteiger partial charge in [-0.1, -0.05) is 13.8 Å². The molecule has 1 atom stereocenters. The van der Waals surface area contributed by atoms with Crippen LogP contribution in [-0.2, 0) is 9.59 Å². The highest BCUT2D eigenvalue weighted by Gasteiger charge is 2.14. The Morgan fingerprint density at radius 1 is 1.19 bits per heavy atom. The molecule has 0 spiro atoms. The van der Waals surface area contributed by atoms with Crippen LogP contribution >= 0.6 is 0 Å². The Morgan fingerprint density at radius 2 is 1.75 bits per heavy atom. The van der Waals surface area contributed by atoms with Crippen molar-refractivity contribution in [1.82, 2.24) is 5.32 Å². The SMILES string of the molecule is CC(C)C(CO)NC(=O)CCCCC(=O)O. The zero-order valence-corrected chi connectivity index (χ0v) is 9.90. The first-order chi connectivity index (χ1) is 7.47. The maximum atomic E-state index is 11.4. The van der Waals surface area contributed by atoms with E-state index in [9.17, 15) is 9.59 Å². The van der Waals surface area contributed by atoms with E-state index in [2.05, 4.69) is 5.32 Å². The smallest absolute Gasteiger partial charge is 0.303 e. The zero-order valence-electron chi connectivity index (χ0n) is 9.90. The van der Waals surface area contributed by atoms with Gasteiger partial charge in [-0.3, -0.25) is 9.59 Å². The number of carboxylic acids is 1. The third-order valence-electron chi connectivity index (χ3n) is 2.39. The number of amides is 1. The van der Waals surface area contributed by atoms with Gasteiger partial charge in [-0.05, 0) is 18.8 Å². The van der Waals surface area contributed by atoms with Crippen LogP contribution in [0.4, 0.5) is 0 Å². The van der Waals surface area contributed by atoms with E-state index in [4.69, 9.17) is 10.2 Å². The molecule has 0 saturated carbocycles. The number of carbonyl (C=O) groups excluding carboxylic acids is 1. The van der Waals surface area contributed by atoms with E-state index in [1.165, 1.54) is 0 Å². The van der Waals surface area contributed by atoms with Gasteiger partial charge in [-0.2, -0.15) is 0 Å². The summed E-state index contributed by atoms with van der Waals surface area (Å²) in [5.41, 5.74) is 0. The number of rotatable bonds is 8. The molecule has 0 saturated heterocycles. The molecule has 0 aromatic heterocycles. The molecule has 5 heteroatoms. The predicted molar refractivity (Wildman–Crippen MR) is 60.0 cm³/mol. The average molecular weight is 231 g/mol. The largest absolute Gasteiger partial charge is 0.481 e. The van der Waals surface area contributed by atoms with Crippen molar-refractivity contribution in [2.45, 2.75) is 45.6 Å². The zero-order chi connectivity index (χ0) is 12.6. The van der Waals surface area contributed by atoms with E-state index >= 15 is 0 Å². The molecule has 0 heterocycles. The van der Waals surface area contributed by atoms with Crippen molar-refractivity contribution in [3.63, 3.8) is 0 Å². The molecule has 0 rings (SSSR count). The van der Waals surface area contributed by atoms with Crippen molar-refractivity contribution >= 4 is 11.9 Å². The summed E-state index contributed by atoms with van der Waals surface area (Å²) < 4.78 is 0. The minimum Gasteiger partial charge on any atom is -0.481 e. The molecule has 0 aliphatic rings. The quantitative estimate of drug-likeness (QED) is 0.538. The normalized spacial score (nSPS) is 12.5. The third-order valence-corrected chi connectivity index (χ3v) is 2.39. The highest BCUT2D eigenvalue weighted by Crippen LogP contribution is 2.03. The Hall–Kier alpha value is -1.10. The number of nitrogens with one attached hydrogen (secondary N) is 1. The summed E-state index contributed by atoms with van der Waals surface area (Å²) in [4.78, 5) is 21.6. The first-order valence-electron chi connectivity index (χ1n) is 5.59. The van der Waals surface area contributed by atoms with Crippen molar-refractivity contribution in [2.24, 2.45) is 5.92 Å². The number of carboxylic acid groups (broad SMARTS) is 1. The molecule has 1 amide bonds. The number of carbonyl (C=O) groups is 2. The second kappa shape index (κ2) is 8.10. The molecule has 0 aliphatic carbocycles. The fourth-order valence-corrected chi connectivity index (χ4v) is 1.26. The van der Waals surface area contributed by atoms with Crippen LogP contribution in [0, 0.1) is 5.92 Å². The summed E-state index contributed by atoms with van der Waals surface area (Å²) in [6, 6.07) is -0.216. The summed E-state index contributed by atoms with van der Waals surface area (Å²) >= 11 is 0. The average Bonchev–Trinajstić information content (AvgIpc) is 2.20. The van der Waals surface area contributed by atoms with Gasteiger partial charge in [0.05, 0.1) is 12.6 Å². The molecule has 0 bridgehead atoms. The first-order valence-corrected chi connectivity index (χ1v) is 5.59. The van der Waals surface area contributed by atoms with Crippen molar-refractivity contribution in [1.29, 1.82) is 0 Å². The predicted octanol–water partition coefficient (Wildman–Crippen LogP) is 0.764.